The summed E-state index contributed by atoms with van der Waals surface area (Å²) in [6, 6.07) is 29.4. The molecule has 1 unspecified atom stereocenters. The third-order valence-electron chi connectivity index (χ3n) is 5.53. The molecular formula is C26H21Sn. The molecule has 0 amide bonds. The molecule has 0 N–H and O–H groups in total. The maximum absolute atomic E-state index is 2.48. The summed E-state index contributed by atoms with van der Waals surface area (Å²) in [5, 5.41) is 0. The predicted octanol–water partition coefficient (Wildman–Crippen LogP) is 4.99. The molecule has 5 rings (SSSR count). The summed E-state index contributed by atoms with van der Waals surface area (Å²) in [6.07, 6.45) is 12.6. The summed E-state index contributed by atoms with van der Waals surface area (Å²) in [5.41, 5.74) is 5.85. The molecule has 0 fully saturated rings. The summed E-state index contributed by atoms with van der Waals surface area (Å²) in [4.78, 5) is 0. The van der Waals surface area contributed by atoms with Crippen molar-refractivity contribution < 1.29 is 0 Å². The van der Waals surface area contributed by atoms with Crippen LogP contribution in [0.1, 0.15) is 27.0 Å². The summed E-state index contributed by atoms with van der Waals surface area (Å²) in [7, 11) is 0. The first-order chi connectivity index (χ1) is 13.4. The van der Waals surface area contributed by atoms with Crippen LogP contribution >= 0.6 is 0 Å². The average Bonchev–Trinajstić information content (AvgIpc) is 3.40. The molecule has 2 aliphatic carbocycles. The van der Waals surface area contributed by atoms with Crippen LogP contribution in [0.3, 0.4) is 0 Å². The van der Waals surface area contributed by atoms with E-state index >= 15 is 0 Å². The van der Waals surface area contributed by atoms with E-state index in [9.17, 15) is 0 Å². The topological polar surface area (TPSA) is 0 Å². The minimum atomic E-state index is -2.24. The van der Waals surface area contributed by atoms with Gasteiger partial charge in [-0.25, -0.2) is 0 Å². The predicted molar refractivity (Wildman–Crippen MR) is 118 cm³/mol. The van der Waals surface area contributed by atoms with E-state index in [0.29, 0.717) is 3.93 Å². The van der Waals surface area contributed by atoms with E-state index in [1.54, 1.807) is 7.16 Å². The second kappa shape index (κ2) is 7.36. The quantitative estimate of drug-likeness (QED) is 0.490. The second-order valence-electron chi connectivity index (χ2n) is 7.12. The van der Waals surface area contributed by atoms with Gasteiger partial charge in [0.05, 0.1) is 0 Å². The molecule has 0 aromatic heterocycles. The van der Waals surface area contributed by atoms with Crippen LogP contribution in [0.15, 0.2) is 103 Å². The first-order valence-electron chi connectivity index (χ1n) is 9.57. The Kier molecular flexibility index (Phi) is 4.59. The Hall–Kier alpha value is -2.32. The summed E-state index contributed by atoms with van der Waals surface area (Å²) in [5.74, 6) is 0. The third-order valence-corrected chi connectivity index (χ3v) is 14.4. The van der Waals surface area contributed by atoms with E-state index in [0.717, 1.165) is 6.42 Å². The van der Waals surface area contributed by atoms with Gasteiger partial charge < -0.3 is 0 Å². The van der Waals surface area contributed by atoms with Gasteiger partial charge >= 0.3 is 169 Å². The van der Waals surface area contributed by atoms with E-state index in [4.69, 9.17) is 0 Å². The van der Waals surface area contributed by atoms with Crippen LogP contribution in [-0.2, 0) is 0 Å². The molecule has 0 aliphatic heterocycles. The van der Waals surface area contributed by atoms with E-state index in [-0.39, 0.29) is 0 Å². The van der Waals surface area contributed by atoms with Crippen LogP contribution < -0.4 is 7.16 Å². The van der Waals surface area contributed by atoms with Gasteiger partial charge in [0.15, 0.2) is 0 Å². The summed E-state index contributed by atoms with van der Waals surface area (Å²) < 4.78 is 3.75. The van der Waals surface area contributed by atoms with Crippen molar-refractivity contribution in [1.29, 1.82) is 0 Å². The Morgan fingerprint density at radius 2 is 1.56 bits per heavy atom. The Labute approximate surface area is 168 Å². The van der Waals surface area contributed by atoms with Crippen molar-refractivity contribution in [2.75, 3.05) is 0 Å². The van der Waals surface area contributed by atoms with E-state index in [2.05, 4.69) is 109 Å². The fraction of sp³-hybridized carbons (Fsp3) is 0.0769. The molecule has 0 saturated carbocycles. The fourth-order valence-electron chi connectivity index (χ4n) is 4.27. The van der Waals surface area contributed by atoms with E-state index in [1.165, 1.54) is 22.3 Å². The fourth-order valence-corrected chi connectivity index (χ4v) is 13.5. The van der Waals surface area contributed by atoms with Crippen molar-refractivity contribution in [2.24, 2.45) is 0 Å². The van der Waals surface area contributed by atoms with E-state index in [1.807, 2.05) is 0 Å². The molecule has 1 atom stereocenters. The summed E-state index contributed by atoms with van der Waals surface area (Å²) >= 11 is -2.24. The van der Waals surface area contributed by atoms with Crippen molar-refractivity contribution in [3.63, 3.8) is 0 Å². The third kappa shape index (κ3) is 3.12. The second-order valence-corrected chi connectivity index (χ2v) is 14.4. The minimum absolute atomic E-state index is 0.558. The van der Waals surface area contributed by atoms with Gasteiger partial charge in [-0.3, -0.25) is 0 Å². The Balaban J connectivity index is 1.69. The molecule has 0 spiro atoms. The van der Waals surface area contributed by atoms with Crippen molar-refractivity contribution in [3.8, 4) is 0 Å². The van der Waals surface area contributed by atoms with Crippen LogP contribution in [0.5, 0.6) is 0 Å². The number of fused-ring (bicyclic) bond motifs is 1. The zero-order valence-electron chi connectivity index (χ0n) is 15.2. The molecule has 1 radical (unpaired) electrons. The molecular weight excluding hydrogens is 431 g/mol. The van der Waals surface area contributed by atoms with Crippen LogP contribution in [0, 0.1) is 0 Å². The van der Waals surface area contributed by atoms with Crippen LogP contribution in [0.2, 0.25) is 0 Å². The van der Waals surface area contributed by atoms with Gasteiger partial charge in [0.2, 0.25) is 0 Å². The van der Waals surface area contributed by atoms with Gasteiger partial charge in [0.1, 0.15) is 0 Å². The van der Waals surface area contributed by atoms with Gasteiger partial charge in [0.25, 0.3) is 0 Å². The van der Waals surface area contributed by atoms with Gasteiger partial charge in [-0.1, -0.05) is 0 Å². The summed E-state index contributed by atoms with van der Waals surface area (Å²) in [6.45, 7) is 0. The van der Waals surface area contributed by atoms with Gasteiger partial charge in [-0.2, -0.15) is 0 Å². The van der Waals surface area contributed by atoms with Crippen molar-refractivity contribution in [2.45, 2.75) is 10.4 Å². The average molecular weight is 452 g/mol. The molecule has 27 heavy (non-hydrogen) atoms. The monoisotopic (exact) mass is 453 g/mol. The van der Waals surface area contributed by atoms with Crippen molar-refractivity contribution in [1.82, 2.24) is 0 Å². The Morgan fingerprint density at radius 3 is 2.41 bits per heavy atom. The maximum atomic E-state index is 2.48. The first kappa shape index (κ1) is 16.8. The van der Waals surface area contributed by atoms with Gasteiger partial charge in [-0.05, 0) is 0 Å². The van der Waals surface area contributed by atoms with Crippen molar-refractivity contribution >= 4 is 38.6 Å². The van der Waals surface area contributed by atoms with Crippen molar-refractivity contribution in [3.05, 3.63) is 120 Å². The van der Waals surface area contributed by atoms with Crippen LogP contribution in [-0.4, -0.2) is 19.8 Å². The molecule has 0 saturated heterocycles. The molecule has 0 bridgehead atoms. The molecule has 2 aliphatic rings. The van der Waals surface area contributed by atoms with Gasteiger partial charge in [-0.15, -0.1) is 0 Å². The number of hydrogen-bond donors (Lipinski definition) is 0. The number of benzene rings is 3. The van der Waals surface area contributed by atoms with Crippen LogP contribution in [0.25, 0.3) is 11.6 Å². The molecule has 1 heteroatoms. The standard InChI is InChI=1S/C11H9.C9H7.C6H5.Sn/c1-2-6-10(7-3-1)11-8-4-5-9-11;1-2-5-9-7-3-6-8(9)4-1;1-2-4-6-5-3-1;/h1-6,8H,9H2;1-7H;1-5H;. The van der Waals surface area contributed by atoms with E-state index < -0.39 is 19.8 Å². The zero-order valence-corrected chi connectivity index (χ0v) is 18.0. The van der Waals surface area contributed by atoms with Crippen LogP contribution in [0.4, 0.5) is 0 Å². The first-order valence-corrected chi connectivity index (χ1v) is 14.1. The Morgan fingerprint density at radius 1 is 0.778 bits per heavy atom. The molecule has 129 valence electrons. The number of allylic oxidation sites excluding steroid dienone is 5. The zero-order chi connectivity index (χ0) is 18.1. The molecule has 3 aromatic rings. The molecule has 3 aromatic carbocycles. The normalized spacial score (nSPS) is 17.4. The molecule has 0 heterocycles. The molecule has 0 nitrogen and oxygen atoms in total. The number of hydrogen-bond acceptors (Lipinski definition) is 0. The SMILES string of the molecule is C1=CCC(c2cccc[c]2[Sn]([c]2ccccc2)[CH]2C=Cc3ccccc32)=C1. The number of rotatable bonds is 4. The Bertz CT molecular complexity index is 1060. The van der Waals surface area contributed by atoms with Gasteiger partial charge in [0, 0.05) is 0 Å².